The van der Waals surface area contributed by atoms with E-state index >= 15 is 0 Å². The van der Waals surface area contributed by atoms with Crippen LogP contribution in [-0.2, 0) is 6.54 Å². The summed E-state index contributed by atoms with van der Waals surface area (Å²) >= 11 is 0. The molecule has 1 amide bonds. The number of phenols is 1. The highest BCUT2D eigenvalue weighted by Gasteiger charge is 2.17. The molecule has 1 N–H and O–H groups in total. The highest BCUT2D eigenvalue weighted by molar-refractivity contribution is 6.06. The van der Waals surface area contributed by atoms with Crippen LogP contribution < -0.4 is 0 Å². The molecule has 0 fully saturated rings. The second-order valence-corrected chi connectivity index (χ2v) is 6.12. The lowest BCUT2D eigenvalue weighted by Gasteiger charge is -2.19. The fourth-order valence-electron chi connectivity index (χ4n) is 2.83. The Morgan fingerprint density at radius 1 is 1.12 bits per heavy atom. The number of benzene rings is 2. The van der Waals surface area contributed by atoms with Crippen LogP contribution in [0.5, 0.6) is 5.75 Å². The van der Waals surface area contributed by atoms with Crippen molar-refractivity contribution >= 4 is 16.8 Å². The number of fused-ring (bicyclic) bond motifs is 1. The number of amides is 1. The lowest BCUT2D eigenvalue weighted by molar-refractivity contribution is 0.0786. The first-order valence-electron chi connectivity index (χ1n) is 7.86. The lowest BCUT2D eigenvalue weighted by atomic mass is 10.0. The third kappa shape index (κ3) is 3.08. The number of aromatic nitrogens is 1. The molecule has 1 aromatic heterocycles. The third-order valence-corrected chi connectivity index (χ3v) is 4.07. The van der Waals surface area contributed by atoms with E-state index in [1.54, 1.807) is 24.1 Å². The van der Waals surface area contributed by atoms with Crippen LogP contribution in [0.15, 0.2) is 48.5 Å². The Morgan fingerprint density at radius 2 is 1.88 bits per heavy atom. The van der Waals surface area contributed by atoms with Gasteiger partial charge >= 0.3 is 0 Å². The summed E-state index contributed by atoms with van der Waals surface area (Å²) in [4.78, 5) is 19.1. The molecule has 4 heteroatoms. The van der Waals surface area contributed by atoms with E-state index in [0.717, 1.165) is 27.7 Å². The Bertz CT molecular complexity index is 919. The molecular weight excluding hydrogens is 300 g/mol. The van der Waals surface area contributed by atoms with Crippen molar-refractivity contribution in [3.8, 4) is 5.75 Å². The van der Waals surface area contributed by atoms with E-state index in [1.165, 1.54) is 0 Å². The predicted molar refractivity (Wildman–Crippen MR) is 95.1 cm³/mol. The quantitative estimate of drug-likeness (QED) is 0.798. The summed E-state index contributed by atoms with van der Waals surface area (Å²) < 4.78 is 0. The van der Waals surface area contributed by atoms with E-state index in [2.05, 4.69) is 4.98 Å². The van der Waals surface area contributed by atoms with E-state index in [9.17, 15) is 9.90 Å². The summed E-state index contributed by atoms with van der Waals surface area (Å²) in [7, 11) is 1.74. The summed E-state index contributed by atoms with van der Waals surface area (Å²) in [5, 5.41) is 10.8. The van der Waals surface area contributed by atoms with Crippen molar-refractivity contribution < 1.29 is 9.90 Å². The largest absolute Gasteiger partial charge is 0.508 e. The van der Waals surface area contributed by atoms with Crippen LogP contribution in [0.3, 0.4) is 0 Å². The maximum absolute atomic E-state index is 13.0. The van der Waals surface area contributed by atoms with E-state index < -0.39 is 0 Å². The van der Waals surface area contributed by atoms with Crippen molar-refractivity contribution in [2.75, 3.05) is 7.05 Å². The number of hydrogen-bond donors (Lipinski definition) is 1. The molecule has 0 saturated heterocycles. The van der Waals surface area contributed by atoms with Gasteiger partial charge in [0.1, 0.15) is 5.75 Å². The lowest BCUT2D eigenvalue weighted by Crippen LogP contribution is -2.26. The molecule has 0 unspecified atom stereocenters. The molecule has 24 heavy (non-hydrogen) atoms. The van der Waals surface area contributed by atoms with Gasteiger partial charge in [-0.25, -0.2) is 0 Å². The minimum atomic E-state index is -0.0839. The Kier molecular flexibility index (Phi) is 4.21. The molecule has 0 aliphatic carbocycles. The number of nitrogens with zero attached hydrogens (tertiary/aromatic N) is 2. The molecule has 0 radical (unpaired) electrons. The first-order valence-corrected chi connectivity index (χ1v) is 7.86. The fourth-order valence-corrected chi connectivity index (χ4v) is 2.83. The molecular formula is C20H20N2O2. The number of carbonyl (C=O) groups excluding carboxylic acids is 1. The second kappa shape index (κ2) is 6.32. The molecule has 0 aliphatic heterocycles. The number of rotatable bonds is 3. The summed E-state index contributed by atoms with van der Waals surface area (Å²) in [6, 6.07) is 14.8. The summed E-state index contributed by atoms with van der Waals surface area (Å²) in [5.74, 6) is 0.114. The number of para-hydroxylation sites is 1. The van der Waals surface area contributed by atoms with E-state index in [0.29, 0.717) is 12.1 Å². The number of phenolic OH excluding ortho intramolecular Hbond substituents is 1. The zero-order chi connectivity index (χ0) is 17.3. The standard InChI is InChI=1S/C20H20N2O2/c1-13-8-9-18-16(10-13)17(11-14(2)21-18)20(24)22(3)12-15-6-4-5-7-19(15)23/h4-11,23H,12H2,1-3H3. The van der Waals surface area contributed by atoms with Crippen LogP contribution in [0.25, 0.3) is 10.9 Å². The van der Waals surface area contributed by atoms with Gasteiger partial charge in [0, 0.05) is 30.2 Å². The Hall–Kier alpha value is -2.88. The van der Waals surface area contributed by atoms with Crippen molar-refractivity contribution in [1.82, 2.24) is 9.88 Å². The molecule has 0 bridgehead atoms. The van der Waals surface area contributed by atoms with Crippen molar-refractivity contribution in [2.24, 2.45) is 0 Å². The van der Waals surface area contributed by atoms with Crippen LogP contribution in [0, 0.1) is 13.8 Å². The van der Waals surface area contributed by atoms with Crippen LogP contribution in [0.4, 0.5) is 0 Å². The van der Waals surface area contributed by atoms with Crippen LogP contribution >= 0.6 is 0 Å². The van der Waals surface area contributed by atoms with E-state index in [4.69, 9.17) is 0 Å². The summed E-state index contributed by atoms with van der Waals surface area (Å²) in [5.41, 5.74) is 4.08. The van der Waals surface area contributed by atoms with Gasteiger partial charge in [0.05, 0.1) is 11.1 Å². The van der Waals surface area contributed by atoms with Gasteiger partial charge in [-0.05, 0) is 38.1 Å². The normalized spacial score (nSPS) is 10.8. The first kappa shape index (κ1) is 16.0. The van der Waals surface area contributed by atoms with Gasteiger partial charge in [-0.1, -0.05) is 29.8 Å². The summed E-state index contributed by atoms with van der Waals surface area (Å²) in [6.45, 7) is 4.23. The maximum atomic E-state index is 13.0. The van der Waals surface area contributed by atoms with E-state index in [1.807, 2.05) is 50.2 Å². The molecule has 0 spiro atoms. The smallest absolute Gasteiger partial charge is 0.254 e. The van der Waals surface area contributed by atoms with Crippen molar-refractivity contribution in [2.45, 2.75) is 20.4 Å². The fraction of sp³-hybridized carbons (Fsp3) is 0.200. The molecule has 122 valence electrons. The molecule has 0 atom stereocenters. The average Bonchev–Trinajstić information content (AvgIpc) is 2.56. The minimum absolute atomic E-state index is 0.0839. The van der Waals surface area contributed by atoms with Gasteiger partial charge < -0.3 is 10.0 Å². The molecule has 3 rings (SSSR count). The van der Waals surface area contributed by atoms with Gasteiger partial charge in [0.15, 0.2) is 0 Å². The van der Waals surface area contributed by atoms with Gasteiger partial charge in [-0.3, -0.25) is 9.78 Å². The number of aromatic hydroxyl groups is 1. The molecule has 1 heterocycles. The zero-order valence-corrected chi connectivity index (χ0v) is 14.1. The average molecular weight is 320 g/mol. The van der Waals surface area contributed by atoms with Crippen molar-refractivity contribution in [1.29, 1.82) is 0 Å². The monoisotopic (exact) mass is 320 g/mol. The molecule has 0 saturated carbocycles. The van der Waals surface area contributed by atoms with Crippen LogP contribution in [-0.4, -0.2) is 27.9 Å². The Morgan fingerprint density at radius 3 is 2.62 bits per heavy atom. The second-order valence-electron chi connectivity index (χ2n) is 6.12. The third-order valence-electron chi connectivity index (χ3n) is 4.07. The number of hydrogen-bond acceptors (Lipinski definition) is 3. The Balaban J connectivity index is 1.99. The zero-order valence-electron chi connectivity index (χ0n) is 14.1. The van der Waals surface area contributed by atoms with Gasteiger partial charge in [-0.15, -0.1) is 0 Å². The number of aryl methyl sites for hydroxylation is 2. The van der Waals surface area contributed by atoms with Crippen LogP contribution in [0.1, 0.15) is 27.2 Å². The highest BCUT2D eigenvalue weighted by Crippen LogP contribution is 2.23. The minimum Gasteiger partial charge on any atom is -0.508 e. The molecule has 4 nitrogen and oxygen atoms in total. The molecule has 2 aromatic carbocycles. The van der Waals surface area contributed by atoms with Crippen LogP contribution in [0.2, 0.25) is 0 Å². The summed E-state index contributed by atoms with van der Waals surface area (Å²) in [6.07, 6.45) is 0. The highest BCUT2D eigenvalue weighted by atomic mass is 16.3. The number of carbonyl (C=O) groups is 1. The van der Waals surface area contributed by atoms with Gasteiger partial charge in [0.25, 0.3) is 5.91 Å². The maximum Gasteiger partial charge on any atom is 0.254 e. The molecule has 3 aromatic rings. The van der Waals surface area contributed by atoms with Crippen molar-refractivity contribution in [3.63, 3.8) is 0 Å². The van der Waals surface area contributed by atoms with Crippen molar-refractivity contribution in [3.05, 3.63) is 70.9 Å². The first-order chi connectivity index (χ1) is 11.5. The van der Waals surface area contributed by atoms with E-state index in [-0.39, 0.29) is 11.7 Å². The van der Waals surface area contributed by atoms with Gasteiger partial charge in [-0.2, -0.15) is 0 Å². The van der Waals surface area contributed by atoms with Gasteiger partial charge in [0.2, 0.25) is 0 Å². The Labute approximate surface area is 141 Å². The predicted octanol–water partition coefficient (Wildman–Crippen LogP) is 3.83. The topological polar surface area (TPSA) is 53.4 Å². The number of pyridine rings is 1. The SMILES string of the molecule is Cc1ccc2nc(C)cc(C(=O)N(C)Cc3ccccc3O)c2c1. The molecule has 0 aliphatic rings.